The van der Waals surface area contributed by atoms with Crippen molar-refractivity contribution in [1.82, 2.24) is 20.5 Å². The van der Waals surface area contributed by atoms with Gasteiger partial charge in [0.25, 0.3) is 0 Å². The highest BCUT2D eigenvalue weighted by atomic mass is 16.5. The van der Waals surface area contributed by atoms with Crippen molar-refractivity contribution in [3.05, 3.63) is 29.6 Å². The predicted molar refractivity (Wildman–Crippen MR) is 83.7 cm³/mol. The summed E-state index contributed by atoms with van der Waals surface area (Å²) in [4.78, 5) is 15.8. The summed E-state index contributed by atoms with van der Waals surface area (Å²) in [5.74, 6) is 1.59. The Balaban J connectivity index is 1.92. The first-order valence-corrected chi connectivity index (χ1v) is 6.94. The number of rotatable bonds is 7. The second-order valence-corrected chi connectivity index (χ2v) is 4.84. The van der Waals surface area contributed by atoms with E-state index in [0.29, 0.717) is 17.3 Å². The zero-order valence-electron chi connectivity index (χ0n) is 13.0. The molecule has 2 rings (SSSR count). The Morgan fingerprint density at radius 2 is 2.09 bits per heavy atom. The minimum absolute atomic E-state index is 0.124. The Morgan fingerprint density at radius 1 is 1.35 bits per heavy atom. The third-order valence-electron chi connectivity index (χ3n) is 3.24. The van der Waals surface area contributed by atoms with E-state index in [1.165, 1.54) is 0 Å². The van der Waals surface area contributed by atoms with E-state index in [-0.39, 0.29) is 24.8 Å². The molecule has 0 saturated heterocycles. The van der Waals surface area contributed by atoms with Gasteiger partial charge in [0.05, 0.1) is 20.8 Å². The Morgan fingerprint density at radius 3 is 2.70 bits per heavy atom. The molecule has 1 aromatic carbocycles. The van der Waals surface area contributed by atoms with Crippen LogP contribution in [0.2, 0.25) is 0 Å². The van der Waals surface area contributed by atoms with Crippen LogP contribution in [0.1, 0.15) is 23.9 Å². The standard InChI is InChI=1S/C14H20N6O3/c1-22-10-4-3-8(5-11(10)23-2)9(15)6-13(21)17-7-12-18-14(16)20-19-12/h3-5,9H,6-7,15H2,1-2H3,(H,17,21)(H3,16,18,19,20). The van der Waals surface area contributed by atoms with Gasteiger partial charge in [0.1, 0.15) is 5.82 Å². The SMILES string of the molecule is COc1ccc(C(N)CC(=O)NCc2nc(N)n[nH]2)cc1OC. The third kappa shape index (κ3) is 4.33. The molecule has 1 heterocycles. The number of methoxy groups -OCH3 is 2. The molecule has 6 N–H and O–H groups in total. The topological polar surface area (TPSA) is 141 Å². The summed E-state index contributed by atoms with van der Waals surface area (Å²) in [5.41, 5.74) is 12.2. The van der Waals surface area contributed by atoms with Gasteiger partial charge >= 0.3 is 0 Å². The van der Waals surface area contributed by atoms with Crippen LogP contribution in [0.3, 0.4) is 0 Å². The van der Waals surface area contributed by atoms with Crippen molar-refractivity contribution in [2.45, 2.75) is 19.0 Å². The molecule has 0 aliphatic rings. The lowest BCUT2D eigenvalue weighted by Crippen LogP contribution is -2.27. The number of anilines is 1. The predicted octanol–water partition coefficient (Wildman–Crippen LogP) is 0.110. The summed E-state index contributed by atoms with van der Waals surface area (Å²) in [5, 5.41) is 8.99. The summed E-state index contributed by atoms with van der Waals surface area (Å²) in [6, 6.07) is 4.85. The minimum atomic E-state index is -0.463. The van der Waals surface area contributed by atoms with Crippen molar-refractivity contribution in [1.29, 1.82) is 0 Å². The molecule has 124 valence electrons. The van der Waals surface area contributed by atoms with E-state index in [4.69, 9.17) is 20.9 Å². The summed E-state index contributed by atoms with van der Waals surface area (Å²) in [6.45, 7) is 0.210. The van der Waals surface area contributed by atoms with E-state index in [0.717, 1.165) is 5.56 Å². The van der Waals surface area contributed by atoms with Gasteiger partial charge in [-0.25, -0.2) is 0 Å². The van der Waals surface area contributed by atoms with E-state index < -0.39 is 6.04 Å². The van der Waals surface area contributed by atoms with Crippen LogP contribution >= 0.6 is 0 Å². The molecule has 0 fully saturated rings. The maximum atomic E-state index is 11.9. The largest absolute Gasteiger partial charge is 0.493 e. The van der Waals surface area contributed by atoms with Crippen LogP contribution in [0.4, 0.5) is 5.95 Å². The number of nitrogens with two attached hydrogens (primary N) is 2. The van der Waals surface area contributed by atoms with Crippen LogP contribution < -0.4 is 26.3 Å². The molecule has 0 spiro atoms. The molecule has 1 unspecified atom stereocenters. The molecule has 0 aliphatic heterocycles. The first-order chi connectivity index (χ1) is 11.0. The number of H-pyrrole nitrogens is 1. The van der Waals surface area contributed by atoms with Crippen LogP contribution in [0.15, 0.2) is 18.2 Å². The fourth-order valence-corrected chi connectivity index (χ4v) is 2.04. The van der Waals surface area contributed by atoms with Crippen LogP contribution in [-0.4, -0.2) is 35.3 Å². The van der Waals surface area contributed by atoms with Crippen LogP contribution in [0.25, 0.3) is 0 Å². The van der Waals surface area contributed by atoms with Gasteiger partial charge in [-0.1, -0.05) is 6.07 Å². The Labute approximate surface area is 133 Å². The van der Waals surface area contributed by atoms with Crippen molar-refractivity contribution in [3.63, 3.8) is 0 Å². The van der Waals surface area contributed by atoms with Gasteiger partial charge in [-0.2, -0.15) is 4.98 Å². The molecule has 1 amide bonds. The Bertz CT molecular complexity index is 672. The van der Waals surface area contributed by atoms with E-state index in [9.17, 15) is 4.79 Å². The number of hydrogen-bond acceptors (Lipinski definition) is 7. The van der Waals surface area contributed by atoms with Crippen LogP contribution in [0, 0.1) is 0 Å². The number of benzene rings is 1. The number of aromatic nitrogens is 3. The average molecular weight is 320 g/mol. The number of nitrogen functional groups attached to an aromatic ring is 1. The van der Waals surface area contributed by atoms with Crippen molar-refractivity contribution < 1.29 is 14.3 Å². The van der Waals surface area contributed by atoms with E-state index in [2.05, 4.69) is 20.5 Å². The maximum Gasteiger partial charge on any atom is 0.239 e. The smallest absolute Gasteiger partial charge is 0.239 e. The number of amides is 1. The molecule has 0 radical (unpaired) electrons. The fourth-order valence-electron chi connectivity index (χ4n) is 2.04. The highest BCUT2D eigenvalue weighted by Crippen LogP contribution is 2.30. The fraction of sp³-hybridized carbons (Fsp3) is 0.357. The van der Waals surface area contributed by atoms with Gasteiger partial charge in [-0.3, -0.25) is 9.89 Å². The second kappa shape index (κ2) is 7.45. The van der Waals surface area contributed by atoms with Gasteiger partial charge < -0.3 is 26.3 Å². The quantitative estimate of drug-likeness (QED) is 0.567. The summed E-state index contributed by atoms with van der Waals surface area (Å²) < 4.78 is 10.4. The lowest BCUT2D eigenvalue weighted by Gasteiger charge is -2.14. The van der Waals surface area contributed by atoms with Crippen molar-refractivity contribution in [2.75, 3.05) is 20.0 Å². The van der Waals surface area contributed by atoms with Gasteiger partial charge in [-0.05, 0) is 17.7 Å². The minimum Gasteiger partial charge on any atom is -0.493 e. The molecular formula is C14H20N6O3. The number of hydrogen-bond donors (Lipinski definition) is 4. The first kappa shape index (κ1) is 16.6. The van der Waals surface area contributed by atoms with Crippen molar-refractivity contribution >= 4 is 11.9 Å². The highest BCUT2D eigenvalue weighted by Gasteiger charge is 2.14. The number of nitrogens with zero attached hydrogens (tertiary/aromatic N) is 2. The van der Waals surface area contributed by atoms with Crippen LogP contribution in [0.5, 0.6) is 11.5 Å². The van der Waals surface area contributed by atoms with Gasteiger partial charge in [0.2, 0.25) is 11.9 Å². The van der Waals surface area contributed by atoms with Crippen molar-refractivity contribution in [2.24, 2.45) is 5.73 Å². The van der Waals surface area contributed by atoms with Gasteiger partial charge in [0, 0.05) is 12.5 Å². The molecule has 0 aliphatic carbocycles. The van der Waals surface area contributed by atoms with E-state index in [1.54, 1.807) is 32.4 Å². The number of ether oxygens (including phenoxy) is 2. The molecule has 0 bridgehead atoms. The molecule has 9 heteroatoms. The molecule has 23 heavy (non-hydrogen) atoms. The first-order valence-electron chi connectivity index (χ1n) is 6.94. The van der Waals surface area contributed by atoms with E-state index in [1.807, 2.05) is 0 Å². The second-order valence-electron chi connectivity index (χ2n) is 4.84. The molecule has 1 aromatic heterocycles. The normalized spacial score (nSPS) is 11.8. The molecule has 9 nitrogen and oxygen atoms in total. The summed E-state index contributed by atoms with van der Waals surface area (Å²) in [6.07, 6.45) is 0.124. The molecule has 1 atom stereocenters. The zero-order chi connectivity index (χ0) is 16.8. The Kier molecular flexibility index (Phi) is 5.36. The summed E-state index contributed by atoms with van der Waals surface area (Å²) in [7, 11) is 3.10. The van der Waals surface area contributed by atoms with Crippen LogP contribution in [-0.2, 0) is 11.3 Å². The third-order valence-corrected chi connectivity index (χ3v) is 3.24. The number of carbonyl (C=O) groups excluding carboxylic acids is 1. The lowest BCUT2D eigenvalue weighted by molar-refractivity contribution is -0.121. The number of aromatic amines is 1. The molecule has 2 aromatic rings. The number of carbonyl (C=O) groups is 1. The average Bonchev–Trinajstić information content (AvgIpc) is 2.97. The maximum absolute atomic E-state index is 11.9. The molecular weight excluding hydrogens is 300 g/mol. The molecule has 0 saturated carbocycles. The Hall–Kier alpha value is -2.81. The highest BCUT2D eigenvalue weighted by molar-refractivity contribution is 5.76. The summed E-state index contributed by atoms with van der Waals surface area (Å²) >= 11 is 0. The van der Waals surface area contributed by atoms with Gasteiger partial charge in [0.15, 0.2) is 11.5 Å². The number of nitrogens with one attached hydrogen (secondary N) is 2. The van der Waals surface area contributed by atoms with Crippen molar-refractivity contribution in [3.8, 4) is 11.5 Å². The van der Waals surface area contributed by atoms with E-state index >= 15 is 0 Å². The monoisotopic (exact) mass is 320 g/mol. The van der Waals surface area contributed by atoms with Gasteiger partial charge in [-0.15, -0.1) is 5.10 Å². The zero-order valence-corrected chi connectivity index (χ0v) is 13.0. The lowest BCUT2D eigenvalue weighted by atomic mass is 10.0.